The van der Waals surface area contributed by atoms with Gasteiger partial charge >= 0.3 is 0 Å². The van der Waals surface area contributed by atoms with Crippen LogP contribution in [-0.4, -0.2) is 34.4 Å². The van der Waals surface area contributed by atoms with Crippen molar-refractivity contribution in [2.45, 2.75) is 19.0 Å². The first-order valence-electron chi connectivity index (χ1n) is 4.24. The Morgan fingerprint density at radius 3 is 1.67 bits per heavy atom. The molecule has 0 saturated heterocycles. The molecular weight excluding hydrogens is 204 g/mol. The SMILES string of the molecule is O=C1C=C(CC2=CC(=O)C(O)O2)OC1O. The Bertz CT molecular complexity index is 344. The fourth-order valence-electron chi connectivity index (χ4n) is 1.29. The van der Waals surface area contributed by atoms with Gasteiger partial charge in [-0.1, -0.05) is 0 Å². The first kappa shape index (κ1) is 9.88. The van der Waals surface area contributed by atoms with Crippen LogP contribution in [0.15, 0.2) is 23.7 Å². The minimum Gasteiger partial charge on any atom is -0.461 e. The van der Waals surface area contributed by atoms with Crippen LogP contribution in [0.4, 0.5) is 0 Å². The number of carbonyl (C=O) groups is 2. The lowest BCUT2D eigenvalue weighted by molar-refractivity contribution is -0.139. The highest BCUT2D eigenvalue weighted by molar-refractivity contribution is 5.95. The molecule has 80 valence electrons. The lowest BCUT2D eigenvalue weighted by Gasteiger charge is -2.08. The second-order valence-electron chi connectivity index (χ2n) is 3.14. The molecule has 15 heavy (non-hydrogen) atoms. The van der Waals surface area contributed by atoms with Crippen LogP contribution < -0.4 is 0 Å². The molecule has 2 heterocycles. The summed E-state index contributed by atoms with van der Waals surface area (Å²) < 4.78 is 9.52. The molecule has 2 aliphatic rings. The largest absolute Gasteiger partial charge is 0.461 e. The second-order valence-corrected chi connectivity index (χ2v) is 3.14. The van der Waals surface area contributed by atoms with E-state index in [1.165, 1.54) is 0 Å². The summed E-state index contributed by atoms with van der Waals surface area (Å²) in [4.78, 5) is 21.7. The average molecular weight is 212 g/mol. The predicted molar refractivity (Wildman–Crippen MR) is 45.0 cm³/mol. The van der Waals surface area contributed by atoms with Gasteiger partial charge < -0.3 is 19.7 Å². The molecule has 2 rings (SSSR count). The Hall–Kier alpha value is -1.66. The van der Waals surface area contributed by atoms with E-state index in [0.717, 1.165) is 12.2 Å². The molecule has 0 aromatic carbocycles. The Kier molecular flexibility index (Phi) is 2.29. The number of hydrogen-bond acceptors (Lipinski definition) is 6. The van der Waals surface area contributed by atoms with Gasteiger partial charge in [-0.2, -0.15) is 0 Å². The molecule has 0 spiro atoms. The second kappa shape index (κ2) is 3.48. The summed E-state index contributed by atoms with van der Waals surface area (Å²) in [7, 11) is 0. The molecule has 0 aliphatic carbocycles. The van der Waals surface area contributed by atoms with E-state index < -0.39 is 24.1 Å². The Morgan fingerprint density at radius 2 is 1.40 bits per heavy atom. The monoisotopic (exact) mass is 212 g/mol. The summed E-state index contributed by atoms with van der Waals surface area (Å²) in [5.74, 6) is -0.674. The fraction of sp³-hybridized carbons (Fsp3) is 0.333. The number of aliphatic hydroxyl groups is 2. The molecule has 6 heteroatoms. The van der Waals surface area contributed by atoms with E-state index in [4.69, 9.17) is 19.7 Å². The van der Waals surface area contributed by atoms with Crippen LogP contribution in [0, 0.1) is 0 Å². The van der Waals surface area contributed by atoms with E-state index in [1.54, 1.807) is 0 Å². The maximum atomic E-state index is 10.9. The maximum Gasteiger partial charge on any atom is 0.261 e. The van der Waals surface area contributed by atoms with Gasteiger partial charge in [0.05, 0.1) is 6.42 Å². The zero-order valence-corrected chi connectivity index (χ0v) is 7.54. The van der Waals surface area contributed by atoms with E-state index in [1.807, 2.05) is 0 Å². The molecular formula is C9H8O6. The zero-order valence-electron chi connectivity index (χ0n) is 7.54. The van der Waals surface area contributed by atoms with Crippen molar-refractivity contribution in [2.75, 3.05) is 0 Å². The number of ketones is 2. The third-order valence-electron chi connectivity index (χ3n) is 1.97. The molecule has 2 N–H and O–H groups in total. The first-order chi connectivity index (χ1) is 7.06. The molecule has 0 aromatic rings. The molecule has 2 unspecified atom stereocenters. The van der Waals surface area contributed by atoms with Crippen molar-refractivity contribution in [1.29, 1.82) is 0 Å². The van der Waals surface area contributed by atoms with Crippen molar-refractivity contribution in [2.24, 2.45) is 0 Å². The minimum atomic E-state index is -1.47. The summed E-state index contributed by atoms with van der Waals surface area (Å²) in [6.07, 6.45) is -0.620. The molecule has 2 aliphatic heterocycles. The molecule has 0 bridgehead atoms. The topological polar surface area (TPSA) is 93.1 Å². The zero-order chi connectivity index (χ0) is 11.0. The van der Waals surface area contributed by atoms with E-state index in [-0.39, 0.29) is 17.9 Å². The number of rotatable bonds is 2. The maximum absolute atomic E-state index is 10.9. The molecule has 0 radical (unpaired) electrons. The lowest BCUT2D eigenvalue weighted by Crippen LogP contribution is -2.15. The van der Waals surface area contributed by atoms with Crippen molar-refractivity contribution < 1.29 is 29.3 Å². The van der Waals surface area contributed by atoms with E-state index in [9.17, 15) is 9.59 Å². The van der Waals surface area contributed by atoms with Crippen LogP contribution in [0.1, 0.15) is 6.42 Å². The first-order valence-corrected chi connectivity index (χ1v) is 4.24. The number of hydrogen-bond donors (Lipinski definition) is 2. The summed E-state index contributed by atoms with van der Waals surface area (Å²) in [5, 5.41) is 17.9. The summed E-state index contributed by atoms with van der Waals surface area (Å²) in [6, 6.07) is 0. The van der Waals surface area contributed by atoms with Gasteiger partial charge in [0.25, 0.3) is 12.6 Å². The van der Waals surface area contributed by atoms with E-state index >= 15 is 0 Å². The van der Waals surface area contributed by atoms with Crippen LogP contribution in [0.25, 0.3) is 0 Å². The van der Waals surface area contributed by atoms with Gasteiger partial charge in [0.15, 0.2) is 0 Å². The van der Waals surface area contributed by atoms with Gasteiger partial charge in [0.2, 0.25) is 11.6 Å². The average Bonchev–Trinajstić information content (AvgIpc) is 2.59. The highest BCUT2D eigenvalue weighted by Gasteiger charge is 2.29. The minimum absolute atomic E-state index is 0.0611. The smallest absolute Gasteiger partial charge is 0.261 e. The van der Waals surface area contributed by atoms with Crippen molar-refractivity contribution in [3.05, 3.63) is 23.7 Å². The third kappa shape index (κ3) is 1.90. The molecule has 2 atom stereocenters. The molecule has 0 saturated carbocycles. The molecule has 0 amide bonds. The quantitative estimate of drug-likeness (QED) is 0.608. The van der Waals surface area contributed by atoms with Crippen molar-refractivity contribution in [3.63, 3.8) is 0 Å². The highest BCUT2D eigenvalue weighted by Crippen LogP contribution is 2.24. The standard InChI is InChI=1S/C9H8O6/c10-6-2-4(14-8(6)12)1-5-3-7(11)9(13)15-5/h2-3,8-9,12-13H,1H2. The molecule has 6 nitrogen and oxygen atoms in total. The van der Waals surface area contributed by atoms with E-state index in [0.29, 0.717) is 0 Å². The number of carbonyl (C=O) groups excluding carboxylic acids is 2. The van der Waals surface area contributed by atoms with Crippen molar-refractivity contribution in [1.82, 2.24) is 0 Å². The molecule has 0 fully saturated rings. The van der Waals surface area contributed by atoms with Crippen molar-refractivity contribution in [3.8, 4) is 0 Å². The van der Waals surface area contributed by atoms with Gasteiger partial charge in [0, 0.05) is 12.2 Å². The van der Waals surface area contributed by atoms with Crippen LogP contribution in [0.5, 0.6) is 0 Å². The van der Waals surface area contributed by atoms with Crippen molar-refractivity contribution >= 4 is 11.6 Å². The Balaban J connectivity index is 2.00. The van der Waals surface area contributed by atoms with Gasteiger partial charge in [-0.05, 0) is 0 Å². The summed E-state index contributed by atoms with van der Waals surface area (Å²) in [6.45, 7) is 0. The van der Waals surface area contributed by atoms with Crippen LogP contribution >= 0.6 is 0 Å². The molecule has 0 aromatic heterocycles. The van der Waals surface area contributed by atoms with Gasteiger partial charge in [-0.3, -0.25) is 9.59 Å². The summed E-state index contributed by atoms with van der Waals surface area (Å²) >= 11 is 0. The highest BCUT2D eigenvalue weighted by atomic mass is 16.6. The van der Waals surface area contributed by atoms with Crippen LogP contribution in [-0.2, 0) is 19.1 Å². The summed E-state index contributed by atoms with van der Waals surface area (Å²) in [5.41, 5.74) is 0. The van der Waals surface area contributed by atoms with Gasteiger partial charge in [0.1, 0.15) is 11.5 Å². The number of aliphatic hydroxyl groups excluding tert-OH is 2. The lowest BCUT2D eigenvalue weighted by atomic mass is 10.2. The normalized spacial score (nSPS) is 29.7. The Labute approximate surface area is 84.4 Å². The van der Waals surface area contributed by atoms with Gasteiger partial charge in [-0.15, -0.1) is 0 Å². The fourth-order valence-corrected chi connectivity index (χ4v) is 1.29. The van der Waals surface area contributed by atoms with Crippen LogP contribution in [0.3, 0.4) is 0 Å². The number of ether oxygens (including phenoxy) is 2. The third-order valence-corrected chi connectivity index (χ3v) is 1.97. The van der Waals surface area contributed by atoms with E-state index in [2.05, 4.69) is 0 Å². The van der Waals surface area contributed by atoms with Gasteiger partial charge in [-0.25, -0.2) is 0 Å². The predicted octanol–water partition coefficient (Wildman–Crippen LogP) is -1.02. The van der Waals surface area contributed by atoms with Crippen LogP contribution in [0.2, 0.25) is 0 Å². The Morgan fingerprint density at radius 1 is 1.00 bits per heavy atom.